The summed E-state index contributed by atoms with van der Waals surface area (Å²) < 4.78 is 4.99. The summed E-state index contributed by atoms with van der Waals surface area (Å²) >= 11 is 3.13. The van der Waals surface area contributed by atoms with E-state index in [1.165, 1.54) is 23.7 Å². The molecule has 19 heavy (non-hydrogen) atoms. The third-order valence-corrected chi connectivity index (χ3v) is 10.2. The van der Waals surface area contributed by atoms with Crippen molar-refractivity contribution in [2.24, 2.45) is 0 Å². The minimum atomic E-state index is 0.536. The Bertz CT molecular complexity index is 652. The van der Waals surface area contributed by atoms with E-state index in [1.54, 1.807) is 17.9 Å². The fourth-order valence-corrected chi connectivity index (χ4v) is 9.85. The molecule has 0 aliphatic rings. The van der Waals surface area contributed by atoms with Crippen LogP contribution in [0.1, 0.15) is 19.8 Å². The first-order valence-corrected chi connectivity index (χ1v) is 11.2. The first kappa shape index (κ1) is 13.7. The van der Waals surface area contributed by atoms with Crippen molar-refractivity contribution in [1.82, 2.24) is 0 Å². The molecule has 2 aromatic heterocycles. The van der Waals surface area contributed by atoms with Gasteiger partial charge in [-0.3, -0.25) is 0 Å². The van der Waals surface area contributed by atoms with E-state index >= 15 is 0 Å². The van der Waals surface area contributed by atoms with Gasteiger partial charge in [0.05, 0.1) is 0 Å². The molecule has 0 aliphatic carbocycles. The number of rotatable bonds is 5. The van der Waals surface area contributed by atoms with Crippen molar-refractivity contribution in [3.05, 3.63) is 41.8 Å². The molecule has 0 nitrogen and oxygen atoms in total. The van der Waals surface area contributed by atoms with Gasteiger partial charge in [-0.2, -0.15) is 0 Å². The van der Waals surface area contributed by atoms with Crippen LogP contribution in [0.2, 0.25) is 5.32 Å². The van der Waals surface area contributed by atoms with E-state index in [4.69, 9.17) is 0 Å². The van der Waals surface area contributed by atoms with Crippen LogP contribution in [0.4, 0.5) is 0 Å². The zero-order chi connectivity index (χ0) is 13.1. The summed E-state index contributed by atoms with van der Waals surface area (Å²) in [5, 5.41) is 5.24. The monoisotopic (exact) mass is 400 g/mol. The Morgan fingerprint density at radius 2 is 2.00 bits per heavy atom. The number of hydrogen-bond acceptors (Lipinski definition) is 1. The van der Waals surface area contributed by atoms with E-state index in [0.717, 1.165) is 0 Å². The molecule has 0 radical (unpaired) electrons. The van der Waals surface area contributed by atoms with Gasteiger partial charge in [0.1, 0.15) is 0 Å². The quantitative estimate of drug-likeness (QED) is 0.447. The fourth-order valence-electron chi connectivity index (χ4n) is 2.05. The maximum atomic E-state index is 2.35. The van der Waals surface area contributed by atoms with E-state index < -0.39 is 0 Å². The molecular formula is C16H16SSe2. The molecule has 3 rings (SSSR count). The SMILES string of the molecule is CCCC[Se]c1c(-c2ccccc2)[se]c2sccc12. The molecule has 3 aromatic rings. The molecule has 0 amide bonds. The van der Waals surface area contributed by atoms with Gasteiger partial charge in [-0.15, -0.1) is 0 Å². The van der Waals surface area contributed by atoms with Crippen molar-refractivity contribution in [2.75, 3.05) is 0 Å². The van der Waals surface area contributed by atoms with Crippen molar-refractivity contribution in [3.8, 4) is 10.0 Å². The molecule has 0 spiro atoms. The van der Waals surface area contributed by atoms with Gasteiger partial charge in [-0.1, -0.05) is 0 Å². The van der Waals surface area contributed by atoms with Gasteiger partial charge in [0, 0.05) is 0 Å². The van der Waals surface area contributed by atoms with E-state index in [1.807, 2.05) is 11.3 Å². The molecule has 1 aromatic carbocycles. The molecule has 2 heterocycles. The average Bonchev–Trinajstić information content (AvgIpc) is 3.02. The molecule has 0 atom stereocenters. The van der Waals surface area contributed by atoms with Crippen molar-refractivity contribution in [2.45, 2.75) is 25.1 Å². The van der Waals surface area contributed by atoms with E-state index in [0.29, 0.717) is 29.5 Å². The summed E-state index contributed by atoms with van der Waals surface area (Å²) in [5.74, 6) is 0. The van der Waals surface area contributed by atoms with Crippen LogP contribution in [0, 0.1) is 0 Å². The van der Waals surface area contributed by atoms with Crippen LogP contribution in [0.15, 0.2) is 41.8 Å². The average molecular weight is 398 g/mol. The summed E-state index contributed by atoms with van der Waals surface area (Å²) in [6.45, 7) is 2.29. The predicted molar refractivity (Wildman–Crippen MR) is 89.3 cm³/mol. The Hall–Kier alpha value is -0.301. The van der Waals surface area contributed by atoms with E-state index in [9.17, 15) is 0 Å². The minimum absolute atomic E-state index is 0.536. The second kappa shape index (κ2) is 6.43. The molecule has 0 fully saturated rings. The van der Waals surface area contributed by atoms with Gasteiger partial charge in [0.2, 0.25) is 0 Å². The first-order chi connectivity index (χ1) is 9.40. The van der Waals surface area contributed by atoms with Crippen LogP contribution in [0.25, 0.3) is 19.0 Å². The van der Waals surface area contributed by atoms with Crippen LogP contribution in [0.3, 0.4) is 0 Å². The predicted octanol–water partition coefficient (Wildman–Crippen LogP) is 4.17. The van der Waals surface area contributed by atoms with Crippen LogP contribution in [0.5, 0.6) is 0 Å². The van der Waals surface area contributed by atoms with Crippen LogP contribution >= 0.6 is 11.3 Å². The van der Waals surface area contributed by atoms with Gasteiger partial charge in [-0.05, 0) is 0 Å². The summed E-state index contributed by atoms with van der Waals surface area (Å²) in [6, 6.07) is 13.4. The van der Waals surface area contributed by atoms with E-state index in [2.05, 4.69) is 48.7 Å². The second-order valence-corrected chi connectivity index (χ2v) is 10.4. The van der Waals surface area contributed by atoms with Gasteiger partial charge in [-0.25, -0.2) is 0 Å². The molecule has 3 heteroatoms. The summed E-state index contributed by atoms with van der Waals surface area (Å²) in [4.78, 5) is 0. The standard InChI is InChI=1S/C16H16SSe2/c1-2-3-11-18-15-13-9-10-17-16(13)19-14(15)12-7-5-4-6-8-12/h4-10H,2-3,11H2,1H3. The third-order valence-electron chi connectivity index (χ3n) is 3.06. The van der Waals surface area contributed by atoms with Crippen molar-refractivity contribution in [1.29, 1.82) is 0 Å². The summed E-state index contributed by atoms with van der Waals surface area (Å²) in [7, 11) is 0. The van der Waals surface area contributed by atoms with Crippen LogP contribution < -0.4 is 4.46 Å². The third kappa shape index (κ3) is 2.91. The Labute approximate surface area is 130 Å². The topological polar surface area (TPSA) is 0 Å². The number of hydrogen-bond donors (Lipinski definition) is 0. The van der Waals surface area contributed by atoms with Crippen molar-refractivity contribution in [3.63, 3.8) is 0 Å². The number of thiophene rings is 1. The van der Waals surface area contributed by atoms with Crippen LogP contribution in [-0.2, 0) is 0 Å². The second-order valence-electron chi connectivity index (χ2n) is 4.45. The molecule has 0 bridgehead atoms. The Kier molecular flexibility index (Phi) is 4.63. The molecule has 0 saturated heterocycles. The molecule has 0 N–H and O–H groups in total. The van der Waals surface area contributed by atoms with Crippen molar-refractivity contribution < 1.29 is 0 Å². The molecule has 0 aliphatic heterocycles. The molecule has 0 unspecified atom stereocenters. The Morgan fingerprint density at radius 1 is 1.16 bits per heavy atom. The molecule has 0 saturated carbocycles. The number of benzene rings is 1. The number of fused-ring (bicyclic) bond motifs is 1. The zero-order valence-electron chi connectivity index (χ0n) is 10.9. The van der Waals surface area contributed by atoms with Gasteiger partial charge in [0.15, 0.2) is 0 Å². The van der Waals surface area contributed by atoms with Crippen LogP contribution in [-0.4, -0.2) is 29.5 Å². The van der Waals surface area contributed by atoms with Gasteiger partial charge in [0.25, 0.3) is 0 Å². The van der Waals surface area contributed by atoms with E-state index in [-0.39, 0.29) is 0 Å². The zero-order valence-corrected chi connectivity index (χ0v) is 15.1. The molecule has 98 valence electrons. The van der Waals surface area contributed by atoms with Gasteiger partial charge < -0.3 is 0 Å². The first-order valence-electron chi connectivity index (χ1n) is 6.58. The van der Waals surface area contributed by atoms with Gasteiger partial charge >= 0.3 is 131 Å². The molecular weight excluding hydrogens is 382 g/mol. The maximum absolute atomic E-state index is 2.35. The number of unbranched alkanes of at least 4 members (excludes halogenated alkanes) is 1. The normalized spacial score (nSPS) is 11.2. The Balaban J connectivity index is 2.02. The summed E-state index contributed by atoms with van der Waals surface area (Å²) in [6.07, 6.45) is 2.69. The fraction of sp³-hybridized carbons (Fsp3) is 0.250. The van der Waals surface area contributed by atoms with Crippen molar-refractivity contribution >= 4 is 54.2 Å². The Morgan fingerprint density at radius 3 is 2.79 bits per heavy atom. The summed E-state index contributed by atoms with van der Waals surface area (Å²) in [5.41, 5.74) is 1.46.